The Labute approximate surface area is 254 Å². The van der Waals surface area contributed by atoms with Gasteiger partial charge in [0, 0.05) is 16.3 Å². The van der Waals surface area contributed by atoms with E-state index in [1.54, 1.807) is 0 Å². The molecule has 44 heavy (non-hydrogen) atoms. The second kappa shape index (κ2) is 9.58. The number of hydrogen-bond donors (Lipinski definition) is 0. The van der Waals surface area contributed by atoms with Gasteiger partial charge in [0.25, 0.3) is 0 Å². The average Bonchev–Trinajstić information content (AvgIpc) is 3.63. The SMILES string of the molecule is c1ccc(-c2nc(-c3cccc4c3oc3ccccc34)nc(C3(c4ccccc4)c4ccccc4-c4ccccc43)n2)cc1. The number of aromatic nitrogens is 3. The summed E-state index contributed by atoms with van der Waals surface area (Å²) >= 11 is 0. The predicted octanol–water partition coefficient (Wildman–Crippen LogP) is 9.47. The first kappa shape index (κ1) is 24.7. The molecular formula is C40H25N3O. The maximum absolute atomic E-state index is 6.47. The average molecular weight is 564 g/mol. The monoisotopic (exact) mass is 563 g/mol. The van der Waals surface area contributed by atoms with Gasteiger partial charge in [-0.25, -0.2) is 15.0 Å². The standard InChI is InChI=1S/C40H25N3O/c1-3-14-26(15-4-1)37-41-38(32-22-13-21-31-30-20-9-12-25-35(30)44-36(31)32)43-39(42-37)40(27-16-5-2-6-17-27)33-23-10-7-18-28(33)29-19-8-11-24-34(29)40/h1-25H. The first-order valence-corrected chi connectivity index (χ1v) is 14.8. The molecule has 0 spiro atoms. The van der Waals surface area contributed by atoms with Crippen molar-refractivity contribution in [1.82, 2.24) is 15.0 Å². The first-order chi connectivity index (χ1) is 21.8. The van der Waals surface area contributed by atoms with Crippen LogP contribution >= 0.6 is 0 Å². The summed E-state index contributed by atoms with van der Waals surface area (Å²) in [5, 5.41) is 2.11. The molecule has 0 aliphatic heterocycles. The normalized spacial score (nSPS) is 13.2. The fourth-order valence-corrected chi connectivity index (χ4v) is 6.91. The third kappa shape index (κ3) is 3.48. The molecule has 0 bridgehead atoms. The number of para-hydroxylation sites is 2. The minimum Gasteiger partial charge on any atom is -0.455 e. The predicted molar refractivity (Wildman–Crippen MR) is 175 cm³/mol. The third-order valence-electron chi connectivity index (χ3n) is 8.81. The van der Waals surface area contributed by atoms with Gasteiger partial charge in [0.15, 0.2) is 17.5 Å². The van der Waals surface area contributed by atoms with E-state index in [1.807, 2.05) is 42.5 Å². The zero-order valence-electron chi connectivity index (χ0n) is 23.7. The summed E-state index contributed by atoms with van der Waals surface area (Å²) in [5.41, 5.74) is 8.42. The fourth-order valence-electron chi connectivity index (χ4n) is 6.91. The van der Waals surface area contributed by atoms with Crippen molar-refractivity contribution in [3.63, 3.8) is 0 Å². The van der Waals surface area contributed by atoms with Crippen molar-refractivity contribution < 1.29 is 4.42 Å². The van der Waals surface area contributed by atoms with Crippen LogP contribution in [0.25, 0.3) is 55.8 Å². The molecule has 0 radical (unpaired) electrons. The largest absolute Gasteiger partial charge is 0.455 e. The van der Waals surface area contributed by atoms with E-state index < -0.39 is 5.41 Å². The van der Waals surface area contributed by atoms with Gasteiger partial charge in [-0.05, 0) is 39.9 Å². The Morgan fingerprint density at radius 3 is 1.75 bits per heavy atom. The lowest BCUT2D eigenvalue weighted by atomic mass is 9.71. The summed E-state index contributed by atoms with van der Waals surface area (Å²) in [6, 6.07) is 52.4. The van der Waals surface area contributed by atoms with E-state index >= 15 is 0 Å². The van der Waals surface area contributed by atoms with E-state index in [1.165, 1.54) is 11.1 Å². The van der Waals surface area contributed by atoms with E-state index in [4.69, 9.17) is 19.4 Å². The Balaban J connectivity index is 1.42. The van der Waals surface area contributed by atoms with Gasteiger partial charge in [-0.2, -0.15) is 0 Å². The summed E-state index contributed by atoms with van der Waals surface area (Å²) in [7, 11) is 0. The topological polar surface area (TPSA) is 51.8 Å². The van der Waals surface area contributed by atoms with Gasteiger partial charge >= 0.3 is 0 Å². The molecule has 1 aliphatic rings. The third-order valence-corrected chi connectivity index (χ3v) is 8.81. The van der Waals surface area contributed by atoms with Crippen LogP contribution in [0.5, 0.6) is 0 Å². The van der Waals surface area contributed by atoms with Gasteiger partial charge in [0.1, 0.15) is 16.6 Å². The molecular weight excluding hydrogens is 538 g/mol. The highest BCUT2D eigenvalue weighted by Crippen LogP contribution is 2.55. The van der Waals surface area contributed by atoms with E-state index in [2.05, 4.69) is 109 Å². The molecule has 6 aromatic carbocycles. The molecule has 8 aromatic rings. The Morgan fingerprint density at radius 1 is 0.432 bits per heavy atom. The minimum absolute atomic E-state index is 0.579. The van der Waals surface area contributed by atoms with Crippen LogP contribution in [0, 0.1) is 0 Å². The van der Waals surface area contributed by atoms with Crippen LogP contribution in [0.1, 0.15) is 22.5 Å². The highest BCUT2D eigenvalue weighted by molar-refractivity contribution is 6.09. The molecule has 0 fully saturated rings. The Bertz CT molecular complexity index is 2300. The molecule has 0 saturated heterocycles. The summed E-state index contributed by atoms with van der Waals surface area (Å²) in [4.78, 5) is 15.8. The molecule has 0 amide bonds. The van der Waals surface area contributed by atoms with Crippen LogP contribution in [-0.2, 0) is 5.41 Å². The molecule has 206 valence electrons. The molecule has 4 nitrogen and oxygen atoms in total. The lowest BCUT2D eigenvalue weighted by molar-refractivity contribution is 0.668. The van der Waals surface area contributed by atoms with Gasteiger partial charge in [-0.3, -0.25) is 0 Å². The van der Waals surface area contributed by atoms with Crippen molar-refractivity contribution in [3.05, 3.63) is 174 Å². The number of nitrogens with zero attached hydrogens (tertiary/aromatic N) is 3. The van der Waals surface area contributed by atoms with Crippen LogP contribution in [0.2, 0.25) is 0 Å². The molecule has 0 N–H and O–H groups in total. The minimum atomic E-state index is -0.753. The smallest absolute Gasteiger partial charge is 0.167 e. The van der Waals surface area contributed by atoms with E-state index in [0.717, 1.165) is 49.8 Å². The van der Waals surface area contributed by atoms with E-state index in [0.29, 0.717) is 17.5 Å². The van der Waals surface area contributed by atoms with Crippen molar-refractivity contribution in [2.24, 2.45) is 0 Å². The van der Waals surface area contributed by atoms with Crippen molar-refractivity contribution >= 4 is 21.9 Å². The summed E-state index contributed by atoms with van der Waals surface area (Å²) in [6.45, 7) is 0. The molecule has 9 rings (SSSR count). The van der Waals surface area contributed by atoms with Gasteiger partial charge in [0.05, 0.1) is 5.56 Å². The maximum atomic E-state index is 6.47. The van der Waals surface area contributed by atoms with E-state index in [-0.39, 0.29) is 0 Å². The Morgan fingerprint density at radius 2 is 1.00 bits per heavy atom. The van der Waals surface area contributed by atoms with Crippen LogP contribution in [-0.4, -0.2) is 15.0 Å². The second-order valence-corrected chi connectivity index (χ2v) is 11.2. The van der Waals surface area contributed by atoms with E-state index in [9.17, 15) is 0 Å². The van der Waals surface area contributed by atoms with Crippen molar-refractivity contribution in [2.75, 3.05) is 0 Å². The quantitative estimate of drug-likeness (QED) is 0.214. The number of hydrogen-bond acceptors (Lipinski definition) is 4. The molecule has 0 atom stereocenters. The van der Waals surface area contributed by atoms with Gasteiger partial charge in [0.2, 0.25) is 0 Å². The summed E-state index contributed by atoms with van der Waals surface area (Å²) < 4.78 is 6.47. The van der Waals surface area contributed by atoms with Crippen LogP contribution in [0.15, 0.2) is 156 Å². The maximum Gasteiger partial charge on any atom is 0.167 e. The van der Waals surface area contributed by atoms with Crippen LogP contribution in [0.4, 0.5) is 0 Å². The van der Waals surface area contributed by atoms with Crippen molar-refractivity contribution in [2.45, 2.75) is 5.41 Å². The number of rotatable bonds is 4. The Hall–Kier alpha value is -5.87. The Kier molecular flexibility index (Phi) is 5.38. The zero-order chi connectivity index (χ0) is 29.1. The molecule has 2 heterocycles. The molecule has 2 aromatic heterocycles. The zero-order valence-corrected chi connectivity index (χ0v) is 23.7. The lowest BCUT2D eigenvalue weighted by Gasteiger charge is -2.31. The highest BCUT2D eigenvalue weighted by atomic mass is 16.3. The number of benzene rings is 6. The second-order valence-electron chi connectivity index (χ2n) is 11.2. The molecule has 1 aliphatic carbocycles. The van der Waals surface area contributed by atoms with Gasteiger partial charge < -0.3 is 4.42 Å². The van der Waals surface area contributed by atoms with Crippen molar-refractivity contribution in [1.29, 1.82) is 0 Å². The number of fused-ring (bicyclic) bond motifs is 6. The van der Waals surface area contributed by atoms with Gasteiger partial charge in [-0.15, -0.1) is 0 Å². The van der Waals surface area contributed by atoms with Crippen LogP contribution in [0.3, 0.4) is 0 Å². The van der Waals surface area contributed by atoms with Crippen LogP contribution < -0.4 is 0 Å². The fraction of sp³-hybridized carbons (Fsp3) is 0.0250. The van der Waals surface area contributed by atoms with Gasteiger partial charge in [-0.1, -0.05) is 140 Å². The number of furan rings is 1. The molecule has 0 saturated carbocycles. The highest BCUT2D eigenvalue weighted by Gasteiger charge is 2.48. The lowest BCUT2D eigenvalue weighted by Crippen LogP contribution is -2.31. The molecule has 0 unspecified atom stereocenters. The van der Waals surface area contributed by atoms with Crippen molar-refractivity contribution in [3.8, 4) is 33.9 Å². The summed E-state index contributed by atoms with van der Waals surface area (Å²) in [5.74, 6) is 1.88. The first-order valence-electron chi connectivity index (χ1n) is 14.8. The summed E-state index contributed by atoms with van der Waals surface area (Å²) in [6.07, 6.45) is 0. The molecule has 4 heteroatoms.